The number of nitrogens with one attached hydrogen (secondary N) is 1. The molecule has 1 atom stereocenters. The molecule has 0 amide bonds. The van der Waals surface area contributed by atoms with E-state index < -0.39 is 0 Å². The normalized spacial score (nSPS) is 11.8. The molecule has 2 aromatic carbocycles. The fraction of sp³-hybridized carbons (Fsp3) is 0.435. The summed E-state index contributed by atoms with van der Waals surface area (Å²) in [5, 5.41) is 0. The van der Waals surface area contributed by atoms with Gasteiger partial charge in [-0.25, -0.2) is 4.98 Å². The number of ether oxygens (including phenoxy) is 1. The Hall–Kier alpha value is -2.33. The molecule has 0 spiro atoms. The largest absolute Gasteiger partial charge is 0.493 e. The SMILES string of the molecule is CCc1cc(-c2ccc3nc(C)[nH]c3c2)ccc1OCCC(C)CC.CN. The first-order valence-electron chi connectivity index (χ1n) is 9.91. The van der Waals surface area contributed by atoms with Gasteiger partial charge in [0.15, 0.2) is 0 Å². The zero-order chi connectivity index (χ0) is 19.8. The highest BCUT2D eigenvalue weighted by molar-refractivity contribution is 5.82. The number of hydrogen-bond acceptors (Lipinski definition) is 3. The number of aromatic nitrogens is 2. The zero-order valence-corrected chi connectivity index (χ0v) is 17.3. The minimum Gasteiger partial charge on any atom is -0.493 e. The fourth-order valence-corrected chi connectivity index (χ4v) is 3.07. The second-order valence-corrected chi connectivity index (χ2v) is 6.88. The van der Waals surface area contributed by atoms with Crippen molar-refractivity contribution < 1.29 is 4.74 Å². The molecular weight excluding hydrogens is 334 g/mol. The summed E-state index contributed by atoms with van der Waals surface area (Å²) < 4.78 is 6.05. The lowest BCUT2D eigenvalue weighted by Crippen LogP contribution is -2.04. The summed E-state index contributed by atoms with van der Waals surface area (Å²) in [7, 11) is 1.50. The molecule has 1 heterocycles. The lowest BCUT2D eigenvalue weighted by Gasteiger charge is -2.14. The van der Waals surface area contributed by atoms with Crippen molar-refractivity contribution in [3.05, 3.63) is 47.8 Å². The van der Waals surface area contributed by atoms with Crippen LogP contribution in [-0.2, 0) is 6.42 Å². The summed E-state index contributed by atoms with van der Waals surface area (Å²) >= 11 is 0. The Morgan fingerprint density at radius 2 is 1.78 bits per heavy atom. The van der Waals surface area contributed by atoms with Gasteiger partial charge in [-0.2, -0.15) is 0 Å². The Bertz CT molecular complexity index is 854. The van der Waals surface area contributed by atoms with Crippen molar-refractivity contribution in [2.24, 2.45) is 11.7 Å². The molecule has 3 N–H and O–H groups in total. The van der Waals surface area contributed by atoms with E-state index in [0.29, 0.717) is 5.92 Å². The van der Waals surface area contributed by atoms with Crippen LogP contribution in [0.2, 0.25) is 0 Å². The van der Waals surface area contributed by atoms with Crippen LogP contribution < -0.4 is 10.5 Å². The molecule has 27 heavy (non-hydrogen) atoms. The second kappa shape index (κ2) is 10.1. The highest BCUT2D eigenvalue weighted by Crippen LogP contribution is 2.29. The van der Waals surface area contributed by atoms with Gasteiger partial charge in [0, 0.05) is 0 Å². The predicted molar refractivity (Wildman–Crippen MR) is 115 cm³/mol. The van der Waals surface area contributed by atoms with Crippen molar-refractivity contribution in [3.8, 4) is 16.9 Å². The predicted octanol–water partition coefficient (Wildman–Crippen LogP) is 5.49. The monoisotopic (exact) mass is 367 g/mol. The molecule has 0 aliphatic rings. The van der Waals surface area contributed by atoms with Crippen molar-refractivity contribution in [2.75, 3.05) is 13.7 Å². The molecule has 4 heteroatoms. The number of nitrogens with two attached hydrogens (primary N) is 1. The van der Waals surface area contributed by atoms with Gasteiger partial charge in [-0.15, -0.1) is 0 Å². The number of hydrogen-bond donors (Lipinski definition) is 2. The number of fused-ring (bicyclic) bond motifs is 1. The standard InChI is InChI=1S/C22H28N2O.CH5N/c1-5-15(3)11-12-25-22-10-8-18(13-17(22)6-2)19-7-9-20-21(14-19)24-16(4)23-20;1-2/h7-10,13-15H,5-6,11-12H2,1-4H3,(H,23,24);2H2,1H3. The van der Waals surface area contributed by atoms with Crippen LogP contribution in [0.1, 0.15) is 45.0 Å². The van der Waals surface area contributed by atoms with Crippen molar-refractivity contribution in [3.63, 3.8) is 0 Å². The topological polar surface area (TPSA) is 63.9 Å². The number of aryl methyl sites for hydroxylation is 2. The lowest BCUT2D eigenvalue weighted by molar-refractivity contribution is 0.279. The van der Waals surface area contributed by atoms with Gasteiger partial charge in [-0.05, 0) is 73.7 Å². The maximum Gasteiger partial charge on any atom is 0.122 e. The number of aromatic amines is 1. The quantitative estimate of drug-likeness (QED) is 0.580. The van der Waals surface area contributed by atoms with E-state index in [1.54, 1.807) is 0 Å². The van der Waals surface area contributed by atoms with Gasteiger partial charge in [0.2, 0.25) is 0 Å². The third kappa shape index (κ3) is 5.33. The third-order valence-corrected chi connectivity index (χ3v) is 4.94. The lowest BCUT2D eigenvalue weighted by atomic mass is 10.0. The minimum absolute atomic E-state index is 0.717. The van der Waals surface area contributed by atoms with E-state index in [1.165, 1.54) is 30.2 Å². The average molecular weight is 368 g/mol. The Balaban J connectivity index is 0.00000126. The summed E-state index contributed by atoms with van der Waals surface area (Å²) in [6.07, 6.45) is 3.29. The van der Waals surface area contributed by atoms with Crippen LogP contribution >= 0.6 is 0 Å². The molecule has 0 saturated carbocycles. The molecular formula is C23H33N3O. The molecule has 0 fully saturated rings. The van der Waals surface area contributed by atoms with Gasteiger partial charge in [0.25, 0.3) is 0 Å². The molecule has 1 aromatic heterocycles. The van der Waals surface area contributed by atoms with Crippen LogP contribution in [0.4, 0.5) is 0 Å². The van der Waals surface area contributed by atoms with Crippen molar-refractivity contribution in [1.29, 1.82) is 0 Å². The van der Waals surface area contributed by atoms with Crippen LogP contribution in [0, 0.1) is 12.8 Å². The first kappa shape index (κ1) is 21.0. The van der Waals surface area contributed by atoms with Crippen molar-refractivity contribution in [2.45, 2.75) is 47.0 Å². The summed E-state index contributed by atoms with van der Waals surface area (Å²) in [4.78, 5) is 7.79. The zero-order valence-electron chi connectivity index (χ0n) is 17.3. The summed E-state index contributed by atoms with van der Waals surface area (Å²) in [6, 6.07) is 12.9. The number of benzene rings is 2. The Labute approximate surface area is 163 Å². The van der Waals surface area contributed by atoms with E-state index in [1.807, 2.05) is 6.92 Å². The highest BCUT2D eigenvalue weighted by Gasteiger charge is 2.08. The maximum atomic E-state index is 6.05. The number of H-pyrrole nitrogens is 1. The van der Waals surface area contributed by atoms with Gasteiger partial charge in [0.05, 0.1) is 17.6 Å². The van der Waals surface area contributed by atoms with Crippen molar-refractivity contribution in [1.82, 2.24) is 9.97 Å². The maximum absolute atomic E-state index is 6.05. The van der Waals surface area contributed by atoms with Gasteiger partial charge in [-0.1, -0.05) is 39.3 Å². The highest BCUT2D eigenvalue weighted by atomic mass is 16.5. The Morgan fingerprint density at radius 3 is 2.48 bits per heavy atom. The first-order valence-corrected chi connectivity index (χ1v) is 9.91. The third-order valence-electron chi connectivity index (χ3n) is 4.94. The summed E-state index contributed by atoms with van der Waals surface area (Å²) in [6.45, 7) is 9.47. The smallest absolute Gasteiger partial charge is 0.122 e. The van der Waals surface area contributed by atoms with Gasteiger partial charge in [0.1, 0.15) is 11.6 Å². The van der Waals surface area contributed by atoms with Crippen LogP contribution in [0.25, 0.3) is 22.2 Å². The molecule has 3 rings (SSSR count). The molecule has 0 bridgehead atoms. The Morgan fingerprint density at radius 1 is 1.07 bits per heavy atom. The van der Waals surface area contributed by atoms with Gasteiger partial charge >= 0.3 is 0 Å². The molecule has 146 valence electrons. The van der Waals surface area contributed by atoms with E-state index in [2.05, 4.69) is 72.9 Å². The molecule has 4 nitrogen and oxygen atoms in total. The molecule has 0 aliphatic heterocycles. The van der Waals surface area contributed by atoms with Gasteiger partial charge in [-0.3, -0.25) is 0 Å². The number of imidazole rings is 1. The van der Waals surface area contributed by atoms with Crippen LogP contribution in [0.5, 0.6) is 5.75 Å². The first-order chi connectivity index (χ1) is 13.1. The molecule has 0 saturated heterocycles. The number of rotatable bonds is 7. The molecule has 0 radical (unpaired) electrons. The summed E-state index contributed by atoms with van der Waals surface area (Å²) in [5.74, 6) is 2.69. The van der Waals surface area contributed by atoms with Gasteiger partial charge < -0.3 is 15.5 Å². The van der Waals surface area contributed by atoms with E-state index in [0.717, 1.165) is 42.1 Å². The van der Waals surface area contributed by atoms with E-state index in [-0.39, 0.29) is 0 Å². The minimum atomic E-state index is 0.717. The molecule has 3 aromatic rings. The number of nitrogens with zero attached hydrogens (tertiary/aromatic N) is 1. The Kier molecular flexibility index (Phi) is 7.86. The molecule has 1 unspecified atom stereocenters. The molecule has 0 aliphatic carbocycles. The average Bonchev–Trinajstić information content (AvgIpc) is 3.08. The summed E-state index contributed by atoms with van der Waals surface area (Å²) in [5.41, 5.74) is 10.3. The van der Waals surface area contributed by atoms with Crippen LogP contribution in [-0.4, -0.2) is 23.6 Å². The van der Waals surface area contributed by atoms with Crippen LogP contribution in [0.15, 0.2) is 36.4 Å². The van der Waals surface area contributed by atoms with E-state index in [9.17, 15) is 0 Å². The van der Waals surface area contributed by atoms with E-state index in [4.69, 9.17) is 4.74 Å². The fourth-order valence-electron chi connectivity index (χ4n) is 3.07. The van der Waals surface area contributed by atoms with E-state index >= 15 is 0 Å². The van der Waals surface area contributed by atoms with Crippen molar-refractivity contribution >= 4 is 11.0 Å². The van der Waals surface area contributed by atoms with Crippen LogP contribution in [0.3, 0.4) is 0 Å². The second-order valence-electron chi connectivity index (χ2n) is 6.88.